The molecule has 2 heterocycles. The van der Waals surface area contributed by atoms with Crippen LogP contribution in [0.3, 0.4) is 0 Å². The Morgan fingerprint density at radius 2 is 1.95 bits per heavy atom. The van der Waals surface area contributed by atoms with Crippen LogP contribution in [0.2, 0.25) is 0 Å². The van der Waals surface area contributed by atoms with Gasteiger partial charge in [0.05, 0.1) is 11.5 Å². The lowest BCUT2D eigenvalue weighted by molar-refractivity contribution is -0.0629. The highest BCUT2D eigenvalue weighted by Gasteiger charge is 2.74. The Morgan fingerprint density at radius 3 is 2.58 bits per heavy atom. The summed E-state index contributed by atoms with van der Waals surface area (Å²) >= 11 is 0. The Bertz CT molecular complexity index is 639. The van der Waals surface area contributed by atoms with Gasteiger partial charge in [-0.1, -0.05) is 17.7 Å². The van der Waals surface area contributed by atoms with Crippen molar-refractivity contribution >= 4 is 10.0 Å². The lowest BCUT2D eigenvalue weighted by atomic mass is 10.2. The number of hydrogen-bond acceptors (Lipinski definition) is 3. The first-order chi connectivity index (χ1) is 8.94. The molecule has 0 amide bonds. The van der Waals surface area contributed by atoms with E-state index in [1.165, 1.54) is 0 Å². The van der Waals surface area contributed by atoms with Gasteiger partial charge in [-0.15, -0.1) is 0 Å². The summed E-state index contributed by atoms with van der Waals surface area (Å²) in [5.74, 6) is 1.51. The second-order valence-electron chi connectivity index (χ2n) is 6.07. The zero-order valence-corrected chi connectivity index (χ0v) is 11.9. The molecule has 3 aliphatic rings. The fourth-order valence-electron chi connectivity index (χ4n) is 3.86. The first-order valence-electron chi connectivity index (χ1n) is 6.68. The van der Waals surface area contributed by atoms with Crippen LogP contribution in [-0.2, 0) is 14.8 Å². The van der Waals surface area contributed by atoms with E-state index < -0.39 is 15.7 Å². The minimum absolute atomic E-state index is 0.368. The molecular weight excluding hydrogens is 262 g/mol. The number of nitrogens with zero attached hydrogens (tertiary/aromatic N) is 1. The van der Waals surface area contributed by atoms with E-state index in [1.807, 2.05) is 26.0 Å². The molecule has 0 spiro atoms. The smallest absolute Gasteiger partial charge is 0.245 e. The van der Waals surface area contributed by atoms with E-state index in [2.05, 4.69) is 0 Å². The molecule has 0 aromatic heterocycles. The maximum atomic E-state index is 12.8. The molecule has 1 aliphatic carbocycles. The summed E-state index contributed by atoms with van der Waals surface area (Å²) in [5.41, 5.74) is 0.450. The molecule has 1 aromatic rings. The molecular formula is C14H17NO3S. The van der Waals surface area contributed by atoms with E-state index in [4.69, 9.17) is 4.74 Å². The fraction of sp³-hybridized carbons (Fsp3) is 0.571. The predicted molar refractivity (Wildman–Crippen MR) is 69.9 cm³/mol. The lowest BCUT2D eigenvalue weighted by Gasteiger charge is -2.32. The summed E-state index contributed by atoms with van der Waals surface area (Å²) in [6.07, 6.45) is 0. The molecule has 1 saturated carbocycles. The van der Waals surface area contributed by atoms with Gasteiger partial charge in [0.25, 0.3) is 0 Å². The van der Waals surface area contributed by atoms with Gasteiger partial charge >= 0.3 is 0 Å². The Hall–Kier alpha value is -0.910. The van der Waals surface area contributed by atoms with Crippen molar-refractivity contribution in [3.63, 3.8) is 0 Å². The van der Waals surface area contributed by atoms with Crippen molar-refractivity contribution in [3.05, 3.63) is 29.8 Å². The summed E-state index contributed by atoms with van der Waals surface area (Å²) in [6, 6.07) is 7.05. The SMILES string of the molecule is Cc1ccc(S(=O)(=O)N2CC3C4COC2(C)C43)cc1. The average Bonchev–Trinajstić information content (AvgIpc) is 2.88. The predicted octanol–water partition coefficient (Wildman–Crippen LogP) is 1.61. The number of aryl methyl sites for hydroxylation is 1. The van der Waals surface area contributed by atoms with E-state index in [0.717, 1.165) is 5.56 Å². The van der Waals surface area contributed by atoms with Crippen LogP contribution in [0.4, 0.5) is 0 Å². The monoisotopic (exact) mass is 279 g/mol. The largest absolute Gasteiger partial charge is 0.359 e. The molecule has 0 radical (unpaired) electrons. The van der Waals surface area contributed by atoms with Crippen LogP contribution >= 0.6 is 0 Å². The number of rotatable bonds is 2. The van der Waals surface area contributed by atoms with Crippen molar-refractivity contribution in [2.45, 2.75) is 24.5 Å². The number of fused-ring (bicyclic) bond motifs is 1. The Labute approximate surface area is 113 Å². The fourth-order valence-corrected chi connectivity index (χ4v) is 5.62. The van der Waals surface area contributed by atoms with Crippen LogP contribution < -0.4 is 0 Å². The Balaban J connectivity index is 1.74. The third kappa shape index (κ3) is 1.38. The number of ether oxygens (including phenoxy) is 1. The van der Waals surface area contributed by atoms with Crippen molar-refractivity contribution < 1.29 is 13.2 Å². The molecule has 5 heteroatoms. The standard InChI is InChI=1S/C14H17NO3S/c1-9-3-5-10(6-4-9)19(16,17)15-7-11-12-8-18-14(15,2)13(11)12/h3-6,11-13H,7-8H2,1-2H3. The summed E-state index contributed by atoms with van der Waals surface area (Å²) in [5, 5.41) is 0. The van der Waals surface area contributed by atoms with Gasteiger partial charge in [-0.05, 0) is 37.8 Å². The molecule has 4 rings (SSSR count). The molecule has 2 aliphatic heterocycles. The molecule has 0 bridgehead atoms. The first kappa shape index (κ1) is 11.9. The maximum absolute atomic E-state index is 12.8. The summed E-state index contributed by atoms with van der Waals surface area (Å²) < 4.78 is 32.9. The molecule has 4 unspecified atom stereocenters. The Morgan fingerprint density at radius 1 is 1.26 bits per heavy atom. The molecule has 1 aromatic carbocycles. The molecule has 4 nitrogen and oxygen atoms in total. The van der Waals surface area contributed by atoms with Gasteiger partial charge in [0, 0.05) is 12.5 Å². The summed E-state index contributed by atoms with van der Waals surface area (Å²) in [6.45, 7) is 5.21. The van der Waals surface area contributed by atoms with Gasteiger partial charge in [0.2, 0.25) is 10.0 Å². The zero-order chi connectivity index (χ0) is 13.4. The minimum atomic E-state index is -3.44. The first-order valence-corrected chi connectivity index (χ1v) is 8.12. The zero-order valence-electron chi connectivity index (χ0n) is 11.0. The summed E-state index contributed by atoms with van der Waals surface area (Å²) in [7, 11) is -3.44. The van der Waals surface area contributed by atoms with Crippen LogP contribution in [0.15, 0.2) is 29.2 Å². The van der Waals surface area contributed by atoms with Crippen molar-refractivity contribution in [2.75, 3.05) is 13.2 Å². The Kier molecular flexibility index (Phi) is 2.12. The molecule has 2 saturated heterocycles. The van der Waals surface area contributed by atoms with Crippen molar-refractivity contribution in [1.29, 1.82) is 0 Å². The quantitative estimate of drug-likeness (QED) is 0.826. The van der Waals surface area contributed by atoms with Crippen LogP contribution in [0.1, 0.15) is 12.5 Å². The molecule has 0 N–H and O–H groups in total. The molecule has 19 heavy (non-hydrogen) atoms. The van der Waals surface area contributed by atoms with Gasteiger partial charge in [0.15, 0.2) is 0 Å². The van der Waals surface area contributed by atoms with Gasteiger partial charge in [-0.3, -0.25) is 0 Å². The van der Waals surface area contributed by atoms with E-state index in [9.17, 15) is 8.42 Å². The topological polar surface area (TPSA) is 46.6 Å². The molecule has 4 atom stereocenters. The van der Waals surface area contributed by atoms with Crippen molar-refractivity contribution in [2.24, 2.45) is 17.8 Å². The van der Waals surface area contributed by atoms with Gasteiger partial charge in [-0.2, -0.15) is 4.31 Å². The van der Waals surface area contributed by atoms with E-state index in [0.29, 0.717) is 35.8 Å². The van der Waals surface area contributed by atoms with E-state index in [1.54, 1.807) is 16.4 Å². The minimum Gasteiger partial charge on any atom is -0.359 e. The van der Waals surface area contributed by atoms with Crippen LogP contribution in [0, 0.1) is 24.7 Å². The third-order valence-electron chi connectivity index (χ3n) is 5.00. The normalized spacial score (nSPS) is 40.4. The van der Waals surface area contributed by atoms with Crippen LogP contribution in [-0.4, -0.2) is 31.6 Å². The van der Waals surface area contributed by atoms with Crippen molar-refractivity contribution in [3.8, 4) is 0 Å². The molecule has 102 valence electrons. The van der Waals surface area contributed by atoms with Crippen molar-refractivity contribution in [1.82, 2.24) is 4.31 Å². The second kappa shape index (κ2) is 3.40. The van der Waals surface area contributed by atoms with Crippen LogP contribution in [0.5, 0.6) is 0 Å². The van der Waals surface area contributed by atoms with Gasteiger partial charge < -0.3 is 4.74 Å². The highest BCUT2D eigenvalue weighted by molar-refractivity contribution is 7.89. The maximum Gasteiger partial charge on any atom is 0.245 e. The second-order valence-corrected chi connectivity index (χ2v) is 7.93. The number of sulfonamides is 1. The van der Waals surface area contributed by atoms with Gasteiger partial charge in [0.1, 0.15) is 5.72 Å². The highest BCUT2D eigenvalue weighted by Crippen LogP contribution is 2.66. The lowest BCUT2D eigenvalue weighted by Crippen LogP contribution is -2.47. The average molecular weight is 279 g/mol. The molecule has 3 fully saturated rings. The van der Waals surface area contributed by atoms with Crippen LogP contribution in [0.25, 0.3) is 0 Å². The highest BCUT2D eigenvalue weighted by atomic mass is 32.2. The summed E-state index contributed by atoms with van der Waals surface area (Å²) in [4.78, 5) is 0.368. The van der Waals surface area contributed by atoms with E-state index >= 15 is 0 Å². The number of piperidine rings is 1. The number of hydrogen-bond donors (Lipinski definition) is 0. The number of benzene rings is 1. The van der Waals surface area contributed by atoms with Gasteiger partial charge in [-0.25, -0.2) is 8.42 Å². The third-order valence-corrected chi connectivity index (χ3v) is 6.96. The van der Waals surface area contributed by atoms with E-state index in [-0.39, 0.29) is 0 Å².